The monoisotopic (exact) mass is 419 g/mol. The molecule has 0 aliphatic rings. The van der Waals surface area contributed by atoms with Crippen LogP contribution in [0.4, 0.5) is 11.4 Å². The second-order valence-electron chi connectivity index (χ2n) is 6.49. The van der Waals surface area contributed by atoms with E-state index >= 15 is 0 Å². The van der Waals surface area contributed by atoms with Gasteiger partial charge in [0.2, 0.25) is 5.89 Å². The van der Waals surface area contributed by atoms with Crippen LogP contribution in [0.25, 0.3) is 22.6 Å². The van der Waals surface area contributed by atoms with E-state index in [2.05, 4.69) is 10.3 Å². The Balaban J connectivity index is 1.51. The quantitative estimate of drug-likeness (QED) is 0.348. The summed E-state index contributed by atoms with van der Waals surface area (Å²) in [5.41, 5.74) is 1.69. The van der Waals surface area contributed by atoms with Gasteiger partial charge in [0, 0.05) is 6.07 Å². The first-order valence-corrected chi connectivity index (χ1v) is 9.24. The van der Waals surface area contributed by atoms with Crippen LogP contribution in [-0.2, 0) is 4.79 Å². The van der Waals surface area contributed by atoms with Gasteiger partial charge in [-0.15, -0.1) is 0 Å². The number of hydrogen-bond donors (Lipinski definition) is 1. The van der Waals surface area contributed by atoms with Crippen molar-refractivity contribution in [2.45, 2.75) is 0 Å². The second-order valence-corrected chi connectivity index (χ2v) is 6.49. The first-order valence-electron chi connectivity index (χ1n) is 9.24. The van der Waals surface area contributed by atoms with Crippen molar-refractivity contribution in [1.29, 1.82) is 0 Å². The Morgan fingerprint density at radius 2 is 1.84 bits per heavy atom. The Morgan fingerprint density at radius 3 is 2.58 bits per heavy atom. The average Bonchev–Trinajstić information content (AvgIpc) is 3.21. The maximum Gasteiger partial charge on any atom is 0.273 e. The van der Waals surface area contributed by atoms with Crippen molar-refractivity contribution in [3.05, 3.63) is 76.8 Å². The number of anilines is 1. The number of ether oxygens (including phenoxy) is 2. The SMILES string of the molecule is COc1ccc(OCC(=O)Nc2ccccc2-c2nc3ccc([N+](=O)[O-])cc3o2)cc1. The van der Waals surface area contributed by atoms with E-state index in [4.69, 9.17) is 13.9 Å². The molecule has 0 aliphatic heterocycles. The molecule has 0 atom stereocenters. The number of nitrogens with zero attached hydrogens (tertiary/aromatic N) is 2. The van der Waals surface area contributed by atoms with E-state index in [1.54, 1.807) is 55.6 Å². The molecule has 0 fully saturated rings. The molecule has 0 unspecified atom stereocenters. The smallest absolute Gasteiger partial charge is 0.273 e. The number of benzene rings is 3. The molecule has 31 heavy (non-hydrogen) atoms. The standard InChI is InChI=1S/C22H17N3O6/c1-29-15-7-9-16(10-8-15)30-13-21(26)23-18-5-3-2-4-17(18)22-24-19-11-6-14(25(27)28)12-20(19)31-22/h2-12H,13H2,1H3,(H,23,26). The molecule has 1 heterocycles. The molecule has 0 aliphatic carbocycles. The Kier molecular flexibility index (Phi) is 5.48. The third-order valence-electron chi connectivity index (χ3n) is 4.44. The van der Waals surface area contributed by atoms with E-state index in [1.807, 2.05) is 0 Å². The van der Waals surface area contributed by atoms with Gasteiger partial charge in [-0.25, -0.2) is 4.98 Å². The summed E-state index contributed by atoms with van der Waals surface area (Å²) in [5, 5.41) is 13.7. The molecule has 4 aromatic rings. The Morgan fingerprint density at radius 1 is 1.10 bits per heavy atom. The normalized spacial score (nSPS) is 10.6. The zero-order valence-corrected chi connectivity index (χ0v) is 16.4. The maximum atomic E-state index is 12.4. The highest BCUT2D eigenvalue weighted by Gasteiger charge is 2.16. The molecule has 0 spiro atoms. The summed E-state index contributed by atoms with van der Waals surface area (Å²) in [7, 11) is 1.57. The largest absolute Gasteiger partial charge is 0.497 e. The van der Waals surface area contributed by atoms with E-state index in [0.717, 1.165) is 0 Å². The van der Waals surface area contributed by atoms with E-state index in [0.29, 0.717) is 28.3 Å². The van der Waals surface area contributed by atoms with Crippen molar-refractivity contribution in [3.8, 4) is 23.0 Å². The third kappa shape index (κ3) is 4.45. The fraction of sp³-hybridized carbons (Fsp3) is 0.0909. The van der Waals surface area contributed by atoms with E-state index in [-0.39, 0.29) is 29.7 Å². The number of oxazole rings is 1. The van der Waals surface area contributed by atoms with Crippen LogP contribution in [0.2, 0.25) is 0 Å². The highest BCUT2D eigenvalue weighted by atomic mass is 16.6. The number of aromatic nitrogens is 1. The highest BCUT2D eigenvalue weighted by Crippen LogP contribution is 2.31. The number of hydrogen-bond acceptors (Lipinski definition) is 7. The van der Waals surface area contributed by atoms with Crippen LogP contribution in [0, 0.1) is 10.1 Å². The number of para-hydroxylation sites is 1. The van der Waals surface area contributed by atoms with Crippen molar-refractivity contribution in [3.63, 3.8) is 0 Å². The fourth-order valence-electron chi connectivity index (χ4n) is 2.93. The molecule has 156 valence electrons. The summed E-state index contributed by atoms with van der Waals surface area (Å²) >= 11 is 0. The summed E-state index contributed by atoms with van der Waals surface area (Å²) in [6, 6.07) is 18.1. The topological polar surface area (TPSA) is 117 Å². The van der Waals surface area contributed by atoms with Crippen LogP contribution < -0.4 is 14.8 Å². The van der Waals surface area contributed by atoms with E-state index in [1.165, 1.54) is 18.2 Å². The lowest BCUT2D eigenvalue weighted by Crippen LogP contribution is -2.20. The van der Waals surface area contributed by atoms with Crippen LogP contribution in [0.1, 0.15) is 0 Å². The first kappa shape index (κ1) is 19.9. The lowest BCUT2D eigenvalue weighted by molar-refractivity contribution is -0.384. The van der Waals surface area contributed by atoms with Gasteiger partial charge in [0.1, 0.15) is 17.0 Å². The zero-order valence-electron chi connectivity index (χ0n) is 16.4. The van der Waals surface area contributed by atoms with Crippen molar-refractivity contribution < 1.29 is 23.6 Å². The van der Waals surface area contributed by atoms with E-state index < -0.39 is 4.92 Å². The lowest BCUT2D eigenvalue weighted by atomic mass is 10.1. The average molecular weight is 419 g/mol. The summed E-state index contributed by atoms with van der Waals surface area (Å²) in [6.45, 7) is -0.194. The Labute approximate surface area is 176 Å². The van der Waals surface area contributed by atoms with Crippen LogP contribution in [-0.4, -0.2) is 29.5 Å². The molecule has 9 nitrogen and oxygen atoms in total. The van der Waals surface area contributed by atoms with Gasteiger partial charge in [-0.2, -0.15) is 0 Å². The predicted octanol–water partition coefficient (Wildman–Crippen LogP) is 4.43. The molecule has 3 aromatic carbocycles. The molecular weight excluding hydrogens is 402 g/mol. The van der Waals surface area contributed by atoms with Gasteiger partial charge in [0.05, 0.1) is 29.4 Å². The molecule has 1 amide bonds. The van der Waals surface area contributed by atoms with Gasteiger partial charge in [0.25, 0.3) is 11.6 Å². The molecule has 0 radical (unpaired) electrons. The number of rotatable bonds is 7. The molecule has 4 rings (SSSR count). The Bertz CT molecular complexity index is 1250. The van der Waals surface area contributed by atoms with Gasteiger partial charge in [-0.05, 0) is 42.5 Å². The van der Waals surface area contributed by atoms with Crippen molar-refractivity contribution in [1.82, 2.24) is 4.98 Å². The number of carbonyl (C=O) groups excluding carboxylic acids is 1. The summed E-state index contributed by atoms with van der Waals surface area (Å²) in [5.74, 6) is 1.09. The fourth-order valence-corrected chi connectivity index (χ4v) is 2.93. The molecule has 1 N–H and O–H groups in total. The van der Waals surface area contributed by atoms with Crippen molar-refractivity contribution in [2.75, 3.05) is 19.0 Å². The lowest BCUT2D eigenvalue weighted by Gasteiger charge is -2.10. The van der Waals surface area contributed by atoms with Gasteiger partial charge < -0.3 is 19.2 Å². The van der Waals surface area contributed by atoms with Crippen molar-refractivity contribution in [2.24, 2.45) is 0 Å². The number of nitrogens with one attached hydrogen (secondary N) is 1. The van der Waals surface area contributed by atoms with Gasteiger partial charge >= 0.3 is 0 Å². The van der Waals surface area contributed by atoms with Crippen LogP contribution in [0.15, 0.2) is 71.1 Å². The van der Waals surface area contributed by atoms with Crippen LogP contribution >= 0.6 is 0 Å². The zero-order chi connectivity index (χ0) is 21.8. The molecule has 0 saturated heterocycles. The summed E-state index contributed by atoms with van der Waals surface area (Å²) < 4.78 is 16.3. The van der Waals surface area contributed by atoms with Gasteiger partial charge in [-0.3, -0.25) is 14.9 Å². The minimum absolute atomic E-state index is 0.0903. The highest BCUT2D eigenvalue weighted by molar-refractivity contribution is 5.96. The minimum Gasteiger partial charge on any atom is -0.497 e. The molecule has 0 bridgehead atoms. The minimum atomic E-state index is -0.501. The van der Waals surface area contributed by atoms with Gasteiger partial charge in [-0.1, -0.05) is 12.1 Å². The number of nitro benzene ring substituents is 1. The molecule has 9 heteroatoms. The van der Waals surface area contributed by atoms with Gasteiger partial charge in [0.15, 0.2) is 12.2 Å². The van der Waals surface area contributed by atoms with Crippen LogP contribution in [0.5, 0.6) is 11.5 Å². The Hall–Kier alpha value is -4.40. The van der Waals surface area contributed by atoms with Crippen molar-refractivity contribution >= 4 is 28.4 Å². The number of nitro groups is 1. The van der Waals surface area contributed by atoms with E-state index in [9.17, 15) is 14.9 Å². The third-order valence-corrected chi connectivity index (χ3v) is 4.44. The second kappa shape index (κ2) is 8.54. The number of fused-ring (bicyclic) bond motifs is 1. The number of non-ortho nitro benzene ring substituents is 1. The number of carbonyl (C=O) groups is 1. The van der Waals surface area contributed by atoms with Crippen LogP contribution in [0.3, 0.4) is 0 Å². The maximum absolute atomic E-state index is 12.4. The summed E-state index contributed by atoms with van der Waals surface area (Å²) in [4.78, 5) is 27.2. The number of methoxy groups -OCH3 is 1. The predicted molar refractivity (Wildman–Crippen MR) is 113 cm³/mol. The molecule has 1 aromatic heterocycles. The molecular formula is C22H17N3O6. The number of amides is 1. The summed E-state index contributed by atoms with van der Waals surface area (Å²) in [6.07, 6.45) is 0. The first-order chi connectivity index (χ1) is 15.0. The molecule has 0 saturated carbocycles.